The van der Waals surface area contributed by atoms with Crippen molar-refractivity contribution in [1.82, 2.24) is 19.3 Å². The van der Waals surface area contributed by atoms with Crippen LogP contribution in [0.3, 0.4) is 0 Å². The van der Waals surface area contributed by atoms with Crippen LogP contribution >= 0.6 is 0 Å². The molecule has 0 spiro atoms. The van der Waals surface area contributed by atoms with Crippen LogP contribution in [0.2, 0.25) is 0 Å². The van der Waals surface area contributed by atoms with E-state index >= 15 is 4.39 Å². The van der Waals surface area contributed by atoms with Gasteiger partial charge in [-0.2, -0.15) is 17.6 Å². The SMILES string of the molecule is CCOc1cc([C@H](C)c2cccc(C(F)(F)F)c2)ccc1-c1nc([C@@H]2CC[C@@H](C)N(C(=O)CC)C2)n2c(F)cnc(N)c12. The first-order valence-corrected chi connectivity index (χ1v) is 14.5. The highest BCUT2D eigenvalue weighted by Gasteiger charge is 2.34. The van der Waals surface area contributed by atoms with Crippen LogP contribution in [0.1, 0.15) is 81.3 Å². The number of hydrogen-bond donors (Lipinski definition) is 1. The summed E-state index contributed by atoms with van der Waals surface area (Å²) in [6.45, 7) is 8.19. The van der Waals surface area contributed by atoms with Crippen LogP contribution in [0.25, 0.3) is 16.8 Å². The third-order valence-electron chi connectivity index (χ3n) is 8.31. The fourth-order valence-corrected chi connectivity index (χ4v) is 5.92. The number of nitrogens with two attached hydrogens (primary N) is 1. The molecule has 228 valence electrons. The van der Waals surface area contributed by atoms with Crippen LogP contribution in [0.4, 0.5) is 23.4 Å². The number of halogens is 4. The zero-order chi connectivity index (χ0) is 31.1. The van der Waals surface area contributed by atoms with E-state index in [1.54, 1.807) is 24.3 Å². The smallest absolute Gasteiger partial charge is 0.416 e. The van der Waals surface area contributed by atoms with Crippen LogP contribution < -0.4 is 10.5 Å². The average molecular weight is 598 g/mol. The van der Waals surface area contributed by atoms with Gasteiger partial charge in [-0.1, -0.05) is 38.1 Å². The second kappa shape index (κ2) is 11.9. The maximum atomic E-state index is 15.4. The van der Waals surface area contributed by atoms with E-state index in [2.05, 4.69) is 4.98 Å². The Kier molecular flexibility index (Phi) is 8.36. The molecule has 0 aliphatic carbocycles. The molecule has 7 nitrogen and oxygen atoms in total. The minimum absolute atomic E-state index is 0.0315. The minimum atomic E-state index is -4.45. The van der Waals surface area contributed by atoms with Gasteiger partial charge in [0.15, 0.2) is 0 Å². The Labute approximate surface area is 247 Å². The molecule has 3 atom stereocenters. The van der Waals surface area contributed by atoms with E-state index in [1.807, 2.05) is 32.6 Å². The number of hydrogen-bond acceptors (Lipinski definition) is 5. The average Bonchev–Trinajstić information content (AvgIpc) is 3.40. The number of nitrogens with zero attached hydrogens (tertiary/aromatic N) is 4. The molecule has 5 rings (SSSR count). The standard InChI is InChI=1S/C32H35F4N5O2/c1-5-27(42)40-17-22(11-10-18(40)3)31-39-28(29-30(37)38-16-26(33)41(29)31)24-13-12-21(15-25(24)43-6-2)19(4)20-8-7-9-23(14-20)32(34,35)36/h7-9,12-16,18-19,22H,5-6,10-11,17H2,1-4H3,(H2,37,38)/t18-,19-,22-/m1/s1. The Morgan fingerprint density at radius 3 is 2.58 bits per heavy atom. The lowest BCUT2D eigenvalue weighted by Gasteiger charge is -2.37. The summed E-state index contributed by atoms with van der Waals surface area (Å²) in [6, 6.07) is 10.7. The number of imidazole rings is 1. The van der Waals surface area contributed by atoms with Crippen molar-refractivity contribution in [3.8, 4) is 17.0 Å². The summed E-state index contributed by atoms with van der Waals surface area (Å²) in [4.78, 5) is 23.5. The van der Waals surface area contributed by atoms with Crippen molar-refractivity contribution >= 4 is 17.2 Å². The van der Waals surface area contributed by atoms with E-state index in [0.717, 1.165) is 30.3 Å². The van der Waals surface area contributed by atoms with E-state index in [0.29, 0.717) is 59.9 Å². The fraction of sp³-hybridized carbons (Fsp3) is 0.406. The molecule has 1 fully saturated rings. The highest BCUT2D eigenvalue weighted by molar-refractivity contribution is 5.88. The van der Waals surface area contributed by atoms with Crippen molar-refractivity contribution < 1.29 is 27.1 Å². The van der Waals surface area contributed by atoms with Crippen molar-refractivity contribution in [3.05, 3.63) is 77.1 Å². The summed E-state index contributed by atoms with van der Waals surface area (Å²) in [5, 5.41) is 0. The Morgan fingerprint density at radius 1 is 1.14 bits per heavy atom. The lowest BCUT2D eigenvalue weighted by atomic mass is 9.90. The first-order chi connectivity index (χ1) is 20.4. The molecule has 2 aromatic carbocycles. The maximum absolute atomic E-state index is 15.4. The number of amides is 1. The van der Waals surface area contributed by atoms with Gasteiger partial charge in [-0.05, 0) is 56.0 Å². The molecule has 2 aromatic heterocycles. The molecule has 0 bridgehead atoms. The first kappa shape index (κ1) is 30.3. The minimum Gasteiger partial charge on any atom is -0.493 e. The van der Waals surface area contributed by atoms with Gasteiger partial charge in [-0.25, -0.2) is 9.97 Å². The van der Waals surface area contributed by atoms with Crippen molar-refractivity contribution in [1.29, 1.82) is 0 Å². The van der Waals surface area contributed by atoms with Crippen LogP contribution in [0.15, 0.2) is 48.7 Å². The third kappa shape index (κ3) is 5.77. The summed E-state index contributed by atoms with van der Waals surface area (Å²) < 4.78 is 62.9. The number of piperidine rings is 1. The van der Waals surface area contributed by atoms with Gasteiger partial charge < -0.3 is 15.4 Å². The van der Waals surface area contributed by atoms with Gasteiger partial charge in [0.05, 0.1) is 18.4 Å². The number of carbonyl (C=O) groups excluding carboxylic acids is 1. The number of likely N-dealkylation sites (tertiary alicyclic amines) is 1. The molecular weight excluding hydrogens is 562 g/mol. The number of alkyl halides is 3. The van der Waals surface area contributed by atoms with Gasteiger partial charge in [0.25, 0.3) is 0 Å². The van der Waals surface area contributed by atoms with Gasteiger partial charge >= 0.3 is 6.18 Å². The Hall–Kier alpha value is -4.15. The lowest BCUT2D eigenvalue weighted by Crippen LogP contribution is -2.44. The first-order valence-electron chi connectivity index (χ1n) is 14.5. The molecule has 3 heterocycles. The van der Waals surface area contributed by atoms with Gasteiger partial charge in [-0.3, -0.25) is 9.20 Å². The predicted molar refractivity (Wildman–Crippen MR) is 156 cm³/mol. The number of fused-ring (bicyclic) bond motifs is 1. The van der Waals surface area contributed by atoms with E-state index in [-0.39, 0.29) is 29.6 Å². The Bertz CT molecular complexity index is 1650. The van der Waals surface area contributed by atoms with Crippen molar-refractivity contribution in [2.24, 2.45) is 0 Å². The molecule has 2 N–H and O–H groups in total. The van der Waals surface area contributed by atoms with E-state index in [9.17, 15) is 18.0 Å². The molecule has 1 amide bonds. The highest BCUT2D eigenvalue weighted by atomic mass is 19.4. The number of anilines is 1. The molecule has 4 aromatic rings. The van der Waals surface area contributed by atoms with Crippen LogP contribution in [0.5, 0.6) is 5.75 Å². The lowest BCUT2D eigenvalue weighted by molar-refractivity contribution is -0.137. The molecule has 1 aliphatic rings. The quantitative estimate of drug-likeness (QED) is 0.228. The van der Waals surface area contributed by atoms with E-state index < -0.39 is 17.7 Å². The van der Waals surface area contributed by atoms with Crippen LogP contribution in [0, 0.1) is 5.95 Å². The molecule has 0 radical (unpaired) electrons. The molecule has 43 heavy (non-hydrogen) atoms. The number of aromatic nitrogens is 3. The monoisotopic (exact) mass is 597 g/mol. The number of benzene rings is 2. The predicted octanol–water partition coefficient (Wildman–Crippen LogP) is 7.19. The molecular formula is C32H35F4N5O2. The normalized spacial score (nSPS) is 18.2. The summed E-state index contributed by atoms with van der Waals surface area (Å²) in [5.41, 5.74) is 8.08. The third-order valence-corrected chi connectivity index (χ3v) is 8.31. The van der Waals surface area contributed by atoms with Gasteiger partial charge in [0.2, 0.25) is 11.9 Å². The zero-order valence-electron chi connectivity index (χ0n) is 24.6. The summed E-state index contributed by atoms with van der Waals surface area (Å²) in [5.74, 6) is -0.234. The zero-order valence-corrected chi connectivity index (χ0v) is 24.6. The molecule has 0 saturated carbocycles. The van der Waals surface area contributed by atoms with Crippen molar-refractivity contribution in [3.63, 3.8) is 0 Å². The Balaban J connectivity index is 1.61. The van der Waals surface area contributed by atoms with Crippen LogP contribution in [-0.4, -0.2) is 44.4 Å². The second-order valence-corrected chi connectivity index (χ2v) is 11.0. The fourth-order valence-electron chi connectivity index (χ4n) is 5.92. The number of nitrogen functional groups attached to an aromatic ring is 1. The second-order valence-electron chi connectivity index (χ2n) is 11.0. The number of carbonyl (C=O) groups is 1. The topological polar surface area (TPSA) is 85.8 Å². The summed E-state index contributed by atoms with van der Waals surface area (Å²) in [7, 11) is 0. The number of rotatable bonds is 7. The van der Waals surface area contributed by atoms with Gasteiger partial charge in [0.1, 0.15) is 28.6 Å². The molecule has 11 heteroatoms. The van der Waals surface area contributed by atoms with E-state index in [4.69, 9.17) is 15.5 Å². The summed E-state index contributed by atoms with van der Waals surface area (Å²) in [6.07, 6.45) is -1.56. The van der Waals surface area contributed by atoms with E-state index in [1.165, 1.54) is 10.5 Å². The molecule has 1 saturated heterocycles. The maximum Gasteiger partial charge on any atom is 0.416 e. The van der Waals surface area contributed by atoms with Gasteiger partial charge in [0, 0.05) is 36.4 Å². The van der Waals surface area contributed by atoms with Crippen molar-refractivity contribution in [2.75, 3.05) is 18.9 Å². The highest BCUT2D eigenvalue weighted by Crippen LogP contribution is 2.41. The molecule has 1 aliphatic heterocycles. The number of ether oxygens (including phenoxy) is 1. The van der Waals surface area contributed by atoms with Crippen molar-refractivity contribution in [2.45, 2.75) is 71.0 Å². The Morgan fingerprint density at radius 2 is 1.88 bits per heavy atom. The summed E-state index contributed by atoms with van der Waals surface area (Å²) >= 11 is 0. The largest absolute Gasteiger partial charge is 0.493 e. The van der Waals surface area contributed by atoms with Crippen LogP contribution in [-0.2, 0) is 11.0 Å². The van der Waals surface area contributed by atoms with Gasteiger partial charge in [-0.15, -0.1) is 0 Å². The molecule has 0 unspecified atom stereocenters.